The number of methoxy groups -OCH3 is 1. The van der Waals surface area contributed by atoms with Crippen molar-refractivity contribution in [1.29, 1.82) is 0 Å². The third kappa shape index (κ3) is 3.62. The van der Waals surface area contributed by atoms with E-state index in [1.165, 1.54) is 12.5 Å². The Morgan fingerprint density at radius 2 is 2.00 bits per heavy atom. The van der Waals surface area contributed by atoms with Crippen LogP contribution >= 0.6 is 0 Å². The van der Waals surface area contributed by atoms with Gasteiger partial charge in [0.25, 0.3) is 0 Å². The standard InChI is InChI=1S/C12H17NO2/c1-9(8-13-10(2)14)11-4-6-12(15-3)7-5-11/h4-7,9H,8H2,1-3H3,(H,13,14). The third-order valence-electron chi connectivity index (χ3n) is 2.34. The van der Waals surface area contributed by atoms with Crippen LogP contribution in [-0.2, 0) is 4.79 Å². The fourth-order valence-corrected chi connectivity index (χ4v) is 1.35. The quantitative estimate of drug-likeness (QED) is 0.819. The molecule has 0 saturated heterocycles. The van der Waals surface area contributed by atoms with Gasteiger partial charge in [-0.05, 0) is 23.6 Å². The Labute approximate surface area is 90.4 Å². The first-order valence-electron chi connectivity index (χ1n) is 5.02. The monoisotopic (exact) mass is 207 g/mol. The summed E-state index contributed by atoms with van der Waals surface area (Å²) in [6.45, 7) is 4.28. The fraction of sp³-hybridized carbons (Fsp3) is 0.417. The second kappa shape index (κ2) is 5.39. The first-order chi connectivity index (χ1) is 7.13. The lowest BCUT2D eigenvalue weighted by atomic mass is 10.0. The summed E-state index contributed by atoms with van der Waals surface area (Å²) in [5.74, 6) is 1.18. The van der Waals surface area contributed by atoms with E-state index < -0.39 is 0 Å². The van der Waals surface area contributed by atoms with Gasteiger partial charge in [-0.1, -0.05) is 19.1 Å². The molecule has 0 aliphatic carbocycles. The fourth-order valence-electron chi connectivity index (χ4n) is 1.35. The predicted molar refractivity (Wildman–Crippen MR) is 60.1 cm³/mol. The summed E-state index contributed by atoms with van der Waals surface area (Å²) < 4.78 is 5.08. The molecule has 3 heteroatoms. The van der Waals surface area contributed by atoms with Crippen LogP contribution in [-0.4, -0.2) is 19.6 Å². The average Bonchev–Trinajstić information content (AvgIpc) is 2.26. The van der Waals surface area contributed by atoms with Crippen molar-refractivity contribution < 1.29 is 9.53 Å². The Bertz CT molecular complexity index is 319. The highest BCUT2D eigenvalue weighted by atomic mass is 16.5. The molecule has 0 spiro atoms. The molecular formula is C12H17NO2. The summed E-state index contributed by atoms with van der Waals surface area (Å²) in [5, 5.41) is 2.80. The molecule has 1 rings (SSSR count). The minimum absolute atomic E-state index is 0.00959. The summed E-state index contributed by atoms with van der Waals surface area (Å²) in [5.41, 5.74) is 1.20. The molecule has 1 aromatic carbocycles. The molecule has 1 aromatic rings. The van der Waals surface area contributed by atoms with Crippen LogP contribution in [0.25, 0.3) is 0 Å². The molecule has 0 heterocycles. The Kier molecular flexibility index (Phi) is 4.16. The minimum atomic E-state index is 0.00959. The van der Waals surface area contributed by atoms with Crippen molar-refractivity contribution in [1.82, 2.24) is 5.32 Å². The van der Waals surface area contributed by atoms with E-state index in [2.05, 4.69) is 12.2 Å². The zero-order valence-corrected chi connectivity index (χ0v) is 9.41. The van der Waals surface area contributed by atoms with Crippen LogP contribution in [0.4, 0.5) is 0 Å². The van der Waals surface area contributed by atoms with Crippen molar-refractivity contribution in [2.75, 3.05) is 13.7 Å². The van der Waals surface area contributed by atoms with Crippen molar-refractivity contribution in [3.63, 3.8) is 0 Å². The molecule has 0 radical (unpaired) electrons. The lowest BCUT2D eigenvalue weighted by Gasteiger charge is -2.12. The maximum absolute atomic E-state index is 10.7. The maximum atomic E-state index is 10.7. The van der Waals surface area contributed by atoms with Crippen molar-refractivity contribution in [3.05, 3.63) is 29.8 Å². The second-order valence-corrected chi connectivity index (χ2v) is 3.61. The summed E-state index contributed by atoms with van der Waals surface area (Å²) in [4.78, 5) is 10.7. The number of carbonyl (C=O) groups is 1. The largest absolute Gasteiger partial charge is 0.497 e. The number of amides is 1. The molecule has 15 heavy (non-hydrogen) atoms. The second-order valence-electron chi connectivity index (χ2n) is 3.61. The van der Waals surface area contributed by atoms with Crippen molar-refractivity contribution in [3.8, 4) is 5.75 Å². The van der Waals surface area contributed by atoms with Crippen LogP contribution in [0.1, 0.15) is 25.3 Å². The Morgan fingerprint density at radius 3 is 2.47 bits per heavy atom. The molecule has 0 fully saturated rings. The lowest BCUT2D eigenvalue weighted by Crippen LogP contribution is -2.24. The van der Waals surface area contributed by atoms with E-state index in [-0.39, 0.29) is 5.91 Å². The first-order valence-corrected chi connectivity index (χ1v) is 5.02. The van der Waals surface area contributed by atoms with Gasteiger partial charge in [0, 0.05) is 13.5 Å². The molecule has 0 bridgehead atoms. The number of rotatable bonds is 4. The van der Waals surface area contributed by atoms with Gasteiger partial charge in [-0.3, -0.25) is 4.79 Å². The molecule has 82 valence electrons. The first kappa shape index (κ1) is 11.6. The topological polar surface area (TPSA) is 38.3 Å². The van der Waals surface area contributed by atoms with Crippen molar-refractivity contribution in [2.45, 2.75) is 19.8 Å². The zero-order chi connectivity index (χ0) is 11.3. The molecule has 0 saturated carbocycles. The number of hydrogen-bond donors (Lipinski definition) is 1. The van der Waals surface area contributed by atoms with Crippen LogP contribution in [0.15, 0.2) is 24.3 Å². The molecule has 1 N–H and O–H groups in total. The molecule has 0 aromatic heterocycles. The third-order valence-corrected chi connectivity index (χ3v) is 2.34. The van der Waals surface area contributed by atoms with Gasteiger partial charge in [0.05, 0.1) is 7.11 Å². The highest BCUT2D eigenvalue weighted by Gasteiger charge is 2.05. The summed E-state index contributed by atoms with van der Waals surface area (Å²) in [6, 6.07) is 7.90. The van der Waals surface area contributed by atoms with E-state index >= 15 is 0 Å². The van der Waals surface area contributed by atoms with E-state index in [0.717, 1.165) is 5.75 Å². The maximum Gasteiger partial charge on any atom is 0.216 e. The van der Waals surface area contributed by atoms with Crippen LogP contribution in [0, 0.1) is 0 Å². The molecule has 1 unspecified atom stereocenters. The van der Waals surface area contributed by atoms with Crippen molar-refractivity contribution >= 4 is 5.91 Å². The van der Waals surface area contributed by atoms with E-state index in [1.807, 2.05) is 24.3 Å². The SMILES string of the molecule is COc1ccc(C(C)CNC(C)=O)cc1. The van der Waals surface area contributed by atoms with E-state index in [4.69, 9.17) is 4.74 Å². The molecule has 0 aliphatic heterocycles. The van der Waals surface area contributed by atoms with Crippen LogP contribution in [0.5, 0.6) is 5.75 Å². The predicted octanol–water partition coefficient (Wildman–Crippen LogP) is 1.93. The summed E-state index contributed by atoms with van der Waals surface area (Å²) >= 11 is 0. The molecular weight excluding hydrogens is 190 g/mol. The summed E-state index contributed by atoms with van der Waals surface area (Å²) in [6.07, 6.45) is 0. The normalized spacial score (nSPS) is 11.9. The van der Waals surface area contributed by atoms with Gasteiger partial charge in [-0.25, -0.2) is 0 Å². The lowest BCUT2D eigenvalue weighted by molar-refractivity contribution is -0.119. The number of nitrogens with one attached hydrogen (secondary N) is 1. The van der Waals surface area contributed by atoms with E-state index in [9.17, 15) is 4.79 Å². The number of benzene rings is 1. The van der Waals surface area contributed by atoms with Gasteiger partial charge in [-0.15, -0.1) is 0 Å². The van der Waals surface area contributed by atoms with Crippen molar-refractivity contribution in [2.24, 2.45) is 0 Å². The molecule has 1 amide bonds. The Balaban J connectivity index is 2.57. The van der Waals surface area contributed by atoms with Gasteiger partial charge >= 0.3 is 0 Å². The van der Waals surface area contributed by atoms with Gasteiger partial charge < -0.3 is 10.1 Å². The Hall–Kier alpha value is -1.51. The highest BCUT2D eigenvalue weighted by molar-refractivity contribution is 5.72. The smallest absolute Gasteiger partial charge is 0.216 e. The number of carbonyl (C=O) groups excluding carboxylic acids is 1. The summed E-state index contributed by atoms with van der Waals surface area (Å²) in [7, 11) is 1.65. The van der Waals surface area contributed by atoms with Crippen LogP contribution in [0.3, 0.4) is 0 Å². The zero-order valence-electron chi connectivity index (χ0n) is 9.41. The van der Waals surface area contributed by atoms with Gasteiger partial charge in [-0.2, -0.15) is 0 Å². The molecule has 1 atom stereocenters. The Morgan fingerprint density at radius 1 is 1.40 bits per heavy atom. The van der Waals surface area contributed by atoms with E-state index in [1.54, 1.807) is 7.11 Å². The van der Waals surface area contributed by atoms with Crippen LogP contribution < -0.4 is 10.1 Å². The average molecular weight is 207 g/mol. The van der Waals surface area contributed by atoms with Crippen LogP contribution in [0.2, 0.25) is 0 Å². The number of hydrogen-bond acceptors (Lipinski definition) is 2. The molecule has 3 nitrogen and oxygen atoms in total. The van der Waals surface area contributed by atoms with Gasteiger partial charge in [0.1, 0.15) is 5.75 Å². The number of ether oxygens (including phenoxy) is 1. The van der Waals surface area contributed by atoms with Gasteiger partial charge in [0.15, 0.2) is 0 Å². The molecule has 0 aliphatic rings. The van der Waals surface area contributed by atoms with Gasteiger partial charge in [0.2, 0.25) is 5.91 Å². The van der Waals surface area contributed by atoms with E-state index in [0.29, 0.717) is 12.5 Å². The minimum Gasteiger partial charge on any atom is -0.497 e. The highest BCUT2D eigenvalue weighted by Crippen LogP contribution is 2.18.